The number of rotatable bonds is 10. The summed E-state index contributed by atoms with van der Waals surface area (Å²) in [6.45, 7) is 0.851. The van der Waals surface area contributed by atoms with E-state index in [1.165, 1.54) is 35.2 Å². The molecule has 0 saturated heterocycles. The third-order valence-electron chi connectivity index (χ3n) is 7.15. The molecule has 1 aliphatic carbocycles. The predicted molar refractivity (Wildman–Crippen MR) is 154 cm³/mol. The van der Waals surface area contributed by atoms with E-state index < -0.39 is 34.3 Å². The topological polar surface area (TPSA) is 86.8 Å². The van der Waals surface area contributed by atoms with E-state index >= 15 is 0 Å². The largest absolute Gasteiger partial charge is 0.352 e. The highest BCUT2D eigenvalue weighted by Crippen LogP contribution is 2.27. The molecular weight excluding hydrogens is 553 g/mol. The fourth-order valence-electron chi connectivity index (χ4n) is 4.85. The van der Waals surface area contributed by atoms with E-state index in [0.29, 0.717) is 10.6 Å². The predicted octanol–water partition coefficient (Wildman–Crippen LogP) is 5.54. The Morgan fingerprint density at radius 1 is 0.950 bits per heavy atom. The first kappa shape index (κ1) is 29.6. The molecule has 1 atom stereocenters. The number of nitrogens with one attached hydrogen (secondary N) is 1. The minimum absolute atomic E-state index is 0.0225. The molecule has 40 heavy (non-hydrogen) atoms. The van der Waals surface area contributed by atoms with Gasteiger partial charge in [-0.05, 0) is 55.7 Å². The quantitative estimate of drug-likeness (QED) is 0.338. The van der Waals surface area contributed by atoms with E-state index in [0.717, 1.165) is 42.5 Å². The molecule has 10 heteroatoms. The van der Waals surface area contributed by atoms with Crippen molar-refractivity contribution in [1.82, 2.24) is 10.2 Å². The maximum Gasteiger partial charge on any atom is 0.264 e. The van der Waals surface area contributed by atoms with Gasteiger partial charge in [0.25, 0.3) is 10.0 Å². The van der Waals surface area contributed by atoms with Gasteiger partial charge in [0.1, 0.15) is 18.4 Å². The number of halogens is 2. The fraction of sp³-hybridized carbons (Fsp3) is 0.333. The van der Waals surface area contributed by atoms with Crippen molar-refractivity contribution in [2.45, 2.75) is 62.6 Å². The van der Waals surface area contributed by atoms with Gasteiger partial charge in [-0.15, -0.1) is 0 Å². The summed E-state index contributed by atoms with van der Waals surface area (Å²) >= 11 is 6.39. The zero-order valence-corrected chi connectivity index (χ0v) is 23.9. The molecule has 3 aromatic carbocycles. The summed E-state index contributed by atoms with van der Waals surface area (Å²) in [6.07, 6.45) is 4.91. The lowest BCUT2D eigenvalue weighted by atomic mass is 9.95. The van der Waals surface area contributed by atoms with Crippen LogP contribution in [0, 0.1) is 5.82 Å². The van der Waals surface area contributed by atoms with Crippen LogP contribution < -0.4 is 9.62 Å². The summed E-state index contributed by atoms with van der Waals surface area (Å²) in [7, 11) is -4.34. The van der Waals surface area contributed by atoms with Crippen molar-refractivity contribution in [3.63, 3.8) is 0 Å². The first-order valence-corrected chi connectivity index (χ1v) is 15.2. The van der Waals surface area contributed by atoms with Crippen LogP contribution in [0.25, 0.3) is 0 Å². The molecule has 0 bridgehead atoms. The highest BCUT2D eigenvalue weighted by Gasteiger charge is 2.34. The van der Waals surface area contributed by atoms with Gasteiger partial charge < -0.3 is 10.2 Å². The number of hydrogen-bond donors (Lipinski definition) is 1. The minimum Gasteiger partial charge on any atom is -0.352 e. The van der Waals surface area contributed by atoms with Crippen LogP contribution >= 0.6 is 11.6 Å². The Morgan fingerprint density at radius 3 is 2.25 bits per heavy atom. The first-order valence-electron chi connectivity index (χ1n) is 13.3. The average molecular weight is 586 g/mol. The van der Waals surface area contributed by atoms with Gasteiger partial charge in [0.2, 0.25) is 11.8 Å². The number of para-hydroxylation sites is 1. The van der Waals surface area contributed by atoms with E-state index in [-0.39, 0.29) is 29.1 Å². The third-order valence-corrected chi connectivity index (χ3v) is 9.29. The Balaban J connectivity index is 1.68. The molecule has 7 nitrogen and oxygen atoms in total. The van der Waals surface area contributed by atoms with Gasteiger partial charge in [-0.1, -0.05) is 79.4 Å². The zero-order valence-electron chi connectivity index (χ0n) is 22.3. The number of amides is 2. The monoisotopic (exact) mass is 585 g/mol. The average Bonchev–Trinajstić information content (AvgIpc) is 2.96. The van der Waals surface area contributed by atoms with Gasteiger partial charge in [-0.3, -0.25) is 13.9 Å². The van der Waals surface area contributed by atoms with Crippen molar-refractivity contribution in [3.05, 3.63) is 95.3 Å². The van der Waals surface area contributed by atoms with Crippen molar-refractivity contribution in [2.24, 2.45) is 0 Å². The number of sulfonamides is 1. The Hall–Kier alpha value is -3.43. The highest BCUT2D eigenvalue weighted by molar-refractivity contribution is 7.92. The highest BCUT2D eigenvalue weighted by atomic mass is 35.5. The van der Waals surface area contributed by atoms with Crippen LogP contribution in [0.1, 0.15) is 44.6 Å². The molecule has 1 fully saturated rings. The standard InChI is InChI=1S/C30H33ClFN3O4S/c1-22(30(37)33-24-13-4-2-5-14-24)34(20-23-12-8-9-17-26(23)31)29(36)21-35(28-19-11-10-18-27(28)32)40(38,39)25-15-6-3-7-16-25/h3,6-12,15-19,22,24H,2,4-5,13-14,20-21H2,1H3,(H,33,37)/t22-/m0/s1. The molecular formula is C30H33ClFN3O4S. The lowest BCUT2D eigenvalue weighted by Gasteiger charge is -2.33. The second-order valence-corrected chi connectivity index (χ2v) is 12.2. The third kappa shape index (κ3) is 7.01. The molecule has 1 saturated carbocycles. The fourth-order valence-corrected chi connectivity index (χ4v) is 6.49. The summed E-state index contributed by atoms with van der Waals surface area (Å²) in [5.41, 5.74) is 0.329. The molecule has 1 N–H and O–H groups in total. The normalized spacial score (nSPS) is 14.8. The van der Waals surface area contributed by atoms with Gasteiger partial charge in [0, 0.05) is 17.6 Å². The maximum atomic E-state index is 15.0. The van der Waals surface area contributed by atoms with Crippen LogP contribution in [0.3, 0.4) is 0 Å². The lowest BCUT2D eigenvalue weighted by molar-refractivity contribution is -0.139. The van der Waals surface area contributed by atoms with Crippen LogP contribution in [0.4, 0.5) is 10.1 Å². The summed E-state index contributed by atoms with van der Waals surface area (Å²) in [5.74, 6) is -1.81. The second kappa shape index (κ2) is 13.3. The molecule has 0 radical (unpaired) electrons. The van der Waals surface area contributed by atoms with Gasteiger partial charge in [-0.2, -0.15) is 0 Å². The van der Waals surface area contributed by atoms with Crippen LogP contribution in [-0.2, 0) is 26.2 Å². The summed E-state index contributed by atoms with van der Waals surface area (Å²) in [6, 6.07) is 18.9. The van der Waals surface area contributed by atoms with Crippen molar-refractivity contribution in [1.29, 1.82) is 0 Å². The maximum absolute atomic E-state index is 15.0. The first-order chi connectivity index (χ1) is 19.2. The molecule has 0 aliphatic heterocycles. The van der Waals surface area contributed by atoms with E-state index in [1.54, 1.807) is 49.4 Å². The van der Waals surface area contributed by atoms with E-state index in [2.05, 4.69) is 5.32 Å². The van der Waals surface area contributed by atoms with Crippen molar-refractivity contribution in [3.8, 4) is 0 Å². The van der Waals surface area contributed by atoms with Crippen LogP contribution in [0.2, 0.25) is 5.02 Å². The Labute approximate surface area is 240 Å². The van der Waals surface area contributed by atoms with Crippen LogP contribution in [0.5, 0.6) is 0 Å². The van der Waals surface area contributed by atoms with Gasteiger partial charge in [0.05, 0.1) is 10.6 Å². The van der Waals surface area contributed by atoms with Gasteiger partial charge in [-0.25, -0.2) is 12.8 Å². The van der Waals surface area contributed by atoms with Crippen LogP contribution in [-0.4, -0.2) is 43.8 Å². The number of hydrogen-bond acceptors (Lipinski definition) is 4. The number of carbonyl (C=O) groups is 2. The van der Waals surface area contributed by atoms with Crippen LogP contribution in [0.15, 0.2) is 83.8 Å². The molecule has 3 aromatic rings. The minimum atomic E-state index is -4.34. The number of nitrogens with zero attached hydrogens (tertiary/aromatic N) is 2. The van der Waals surface area contributed by atoms with Crippen molar-refractivity contribution in [2.75, 3.05) is 10.8 Å². The molecule has 0 heterocycles. The SMILES string of the molecule is C[C@@H](C(=O)NC1CCCCC1)N(Cc1ccccc1Cl)C(=O)CN(c1ccccc1F)S(=O)(=O)c1ccccc1. The Bertz CT molecular complexity index is 1430. The lowest BCUT2D eigenvalue weighted by Crippen LogP contribution is -2.53. The molecule has 0 aromatic heterocycles. The summed E-state index contributed by atoms with van der Waals surface area (Å²) in [5, 5.41) is 3.45. The second-order valence-electron chi connectivity index (χ2n) is 9.91. The van der Waals surface area contributed by atoms with Gasteiger partial charge >= 0.3 is 0 Å². The summed E-state index contributed by atoms with van der Waals surface area (Å²) < 4.78 is 43.1. The number of carbonyl (C=O) groups excluding carboxylic acids is 2. The molecule has 4 rings (SSSR count). The molecule has 2 amide bonds. The number of benzene rings is 3. The summed E-state index contributed by atoms with van der Waals surface area (Å²) in [4.78, 5) is 28.5. The van der Waals surface area contributed by atoms with Crippen molar-refractivity contribution < 1.29 is 22.4 Å². The van der Waals surface area contributed by atoms with E-state index in [4.69, 9.17) is 11.6 Å². The van der Waals surface area contributed by atoms with Gasteiger partial charge in [0.15, 0.2) is 0 Å². The van der Waals surface area contributed by atoms with E-state index in [1.807, 2.05) is 0 Å². The zero-order chi connectivity index (χ0) is 28.7. The van der Waals surface area contributed by atoms with E-state index in [9.17, 15) is 22.4 Å². The molecule has 0 unspecified atom stereocenters. The molecule has 1 aliphatic rings. The molecule has 0 spiro atoms. The Morgan fingerprint density at radius 2 is 1.57 bits per heavy atom. The number of anilines is 1. The smallest absolute Gasteiger partial charge is 0.264 e. The Kier molecular flexibility index (Phi) is 9.81. The van der Waals surface area contributed by atoms with Crippen molar-refractivity contribution >= 4 is 39.1 Å². The molecule has 212 valence electrons.